The Kier molecular flexibility index (Phi) is 1.67. The quantitative estimate of drug-likeness (QED) is 0.419. The van der Waals surface area contributed by atoms with Crippen LogP contribution in [0.5, 0.6) is 0 Å². The summed E-state index contributed by atoms with van der Waals surface area (Å²) in [6.07, 6.45) is 3.35. The van der Waals surface area contributed by atoms with Crippen molar-refractivity contribution in [1.29, 1.82) is 5.41 Å². The van der Waals surface area contributed by atoms with Crippen molar-refractivity contribution in [2.24, 2.45) is 5.73 Å². The van der Waals surface area contributed by atoms with Crippen molar-refractivity contribution in [3.63, 3.8) is 0 Å². The molecular formula is C11H9N5. The minimum atomic E-state index is 0.0390. The van der Waals surface area contributed by atoms with Gasteiger partial charge in [-0.25, -0.2) is 9.97 Å². The second-order valence-electron chi connectivity index (χ2n) is 3.52. The molecular weight excluding hydrogens is 202 g/mol. The van der Waals surface area contributed by atoms with E-state index in [1.54, 1.807) is 18.5 Å². The maximum atomic E-state index is 7.55. The Balaban J connectivity index is 2.57. The van der Waals surface area contributed by atoms with Crippen LogP contribution in [0.3, 0.4) is 0 Å². The van der Waals surface area contributed by atoms with Crippen molar-refractivity contribution < 1.29 is 0 Å². The Bertz CT molecular complexity index is 698. The first-order chi connectivity index (χ1) is 7.77. The summed E-state index contributed by atoms with van der Waals surface area (Å²) in [6.45, 7) is 0. The number of fused-ring (bicyclic) bond motifs is 3. The number of hydrogen-bond donors (Lipinski definition) is 3. The van der Waals surface area contributed by atoms with Crippen LogP contribution in [0.25, 0.3) is 22.1 Å². The molecule has 3 rings (SSSR count). The molecule has 0 bridgehead atoms. The van der Waals surface area contributed by atoms with Gasteiger partial charge in [0.25, 0.3) is 0 Å². The SMILES string of the molecule is N=C(N)c1ccnc2[nH]c3ncccc3c12. The third kappa shape index (κ3) is 1.08. The van der Waals surface area contributed by atoms with E-state index in [1.807, 2.05) is 12.1 Å². The molecule has 16 heavy (non-hydrogen) atoms. The smallest absolute Gasteiger partial charge is 0.140 e. The number of pyridine rings is 2. The van der Waals surface area contributed by atoms with Crippen LogP contribution < -0.4 is 5.73 Å². The van der Waals surface area contributed by atoms with E-state index in [-0.39, 0.29) is 5.84 Å². The molecule has 0 amide bonds. The number of hydrogen-bond acceptors (Lipinski definition) is 3. The maximum absolute atomic E-state index is 7.55. The van der Waals surface area contributed by atoms with Crippen molar-refractivity contribution in [2.45, 2.75) is 0 Å². The first-order valence-corrected chi connectivity index (χ1v) is 4.83. The third-order valence-electron chi connectivity index (χ3n) is 2.56. The zero-order chi connectivity index (χ0) is 11.1. The largest absolute Gasteiger partial charge is 0.384 e. The zero-order valence-corrected chi connectivity index (χ0v) is 8.36. The first-order valence-electron chi connectivity index (χ1n) is 4.83. The molecule has 0 aliphatic rings. The lowest BCUT2D eigenvalue weighted by molar-refractivity contribution is 1.29. The number of H-pyrrole nitrogens is 1. The van der Waals surface area contributed by atoms with Crippen molar-refractivity contribution >= 4 is 27.9 Å². The maximum Gasteiger partial charge on any atom is 0.140 e. The molecule has 78 valence electrons. The molecule has 4 N–H and O–H groups in total. The molecule has 5 heteroatoms. The number of nitrogens with zero attached hydrogens (tertiary/aromatic N) is 2. The van der Waals surface area contributed by atoms with Crippen molar-refractivity contribution in [1.82, 2.24) is 15.0 Å². The van der Waals surface area contributed by atoms with E-state index in [1.165, 1.54) is 0 Å². The fraction of sp³-hybridized carbons (Fsp3) is 0. The highest BCUT2D eigenvalue weighted by molar-refractivity contribution is 6.16. The van der Waals surface area contributed by atoms with Gasteiger partial charge in [-0.1, -0.05) is 0 Å². The Hall–Kier alpha value is -2.43. The molecule has 0 saturated heterocycles. The second kappa shape index (κ2) is 3.03. The lowest BCUT2D eigenvalue weighted by Crippen LogP contribution is -2.11. The lowest BCUT2D eigenvalue weighted by atomic mass is 10.1. The fourth-order valence-electron chi connectivity index (χ4n) is 1.87. The van der Waals surface area contributed by atoms with Crippen molar-refractivity contribution in [3.05, 3.63) is 36.2 Å². The summed E-state index contributed by atoms with van der Waals surface area (Å²) in [5.41, 5.74) is 7.71. The normalized spacial score (nSPS) is 11.0. The van der Waals surface area contributed by atoms with Crippen molar-refractivity contribution in [2.75, 3.05) is 0 Å². The summed E-state index contributed by atoms with van der Waals surface area (Å²) in [5, 5.41) is 9.35. The van der Waals surface area contributed by atoms with E-state index >= 15 is 0 Å². The first kappa shape index (κ1) is 8.84. The van der Waals surface area contributed by atoms with Crippen LogP contribution in [0, 0.1) is 5.41 Å². The van der Waals surface area contributed by atoms with Crippen LogP contribution in [0.2, 0.25) is 0 Å². The molecule has 0 aliphatic heterocycles. The molecule has 0 radical (unpaired) electrons. The second-order valence-corrected chi connectivity index (χ2v) is 3.52. The average molecular weight is 211 g/mol. The highest BCUT2D eigenvalue weighted by atomic mass is 14.9. The predicted octanol–water partition coefficient (Wildman–Crippen LogP) is 1.40. The van der Waals surface area contributed by atoms with Gasteiger partial charge in [0.1, 0.15) is 17.1 Å². The zero-order valence-electron chi connectivity index (χ0n) is 8.36. The molecule has 0 atom stereocenters. The Morgan fingerprint density at radius 3 is 2.81 bits per heavy atom. The monoisotopic (exact) mass is 211 g/mol. The Morgan fingerprint density at radius 1 is 1.19 bits per heavy atom. The number of rotatable bonds is 1. The molecule has 0 aromatic carbocycles. The van der Waals surface area contributed by atoms with Crippen LogP contribution in [-0.4, -0.2) is 20.8 Å². The Morgan fingerprint density at radius 2 is 2.00 bits per heavy atom. The van der Waals surface area contributed by atoms with E-state index in [0.29, 0.717) is 11.2 Å². The minimum absolute atomic E-state index is 0.0390. The summed E-state index contributed by atoms with van der Waals surface area (Å²) < 4.78 is 0. The number of nitrogen functional groups attached to an aromatic ring is 1. The van der Waals surface area contributed by atoms with Crippen LogP contribution in [0.15, 0.2) is 30.6 Å². The van der Waals surface area contributed by atoms with Crippen LogP contribution in [0.4, 0.5) is 0 Å². The molecule has 0 spiro atoms. The average Bonchev–Trinajstić information content (AvgIpc) is 2.66. The fourth-order valence-corrected chi connectivity index (χ4v) is 1.87. The summed E-state index contributed by atoms with van der Waals surface area (Å²) in [4.78, 5) is 11.5. The molecule has 3 aromatic heterocycles. The standard InChI is InChI=1S/C11H9N5/c12-9(13)6-3-5-15-11-8(6)7-2-1-4-14-10(7)16-11/h1-5H,(H3,12,13)(H,14,15,16). The number of aromatic nitrogens is 3. The van der Waals surface area contributed by atoms with Gasteiger partial charge in [0, 0.05) is 28.7 Å². The number of aromatic amines is 1. The highest BCUT2D eigenvalue weighted by Crippen LogP contribution is 2.25. The molecule has 5 nitrogen and oxygen atoms in total. The van der Waals surface area contributed by atoms with Gasteiger partial charge >= 0.3 is 0 Å². The van der Waals surface area contributed by atoms with E-state index < -0.39 is 0 Å². The number of nitrogens with one attached hydrogen (secondary N) is 2. The molecule has 0 saturated carbocycles. The summed E-state index contributed by atoms with van der Waals surface area (Å²) >= 11 is 0. The van der Waals surface area contributed by atoms with E-state index in [0.717, 1.165) is 16.4 Å². The summed E-state index contributed by atoms with van der Waals surface area (Å²) in [5.74, 6) is 0.0390. The predicted molar refractivity (Wildman–Crippen MR) is 62.4 cm³/mol. The molecule has 3 aromatic rings. The van der Waals surface area contributed by atoms with Gasteiger partial charge in [-0.2, -0.15) is 0 Å². The molecule has 0 unspecified atom stereocenters. The van der Waals surface area contributed by atoms with Crippen LogP contribution in [0.1, 0.15) is 5.56 Å². The van der Waals surface area contributed by atoms with Gasteiger partial charge < -0.3 is 10.7 Å². The minimum Gasteiger partial charge on any atom is -0.384 e. The van der Waals surface area contributed by atoms with E-state index in [4.69, 9.17) is 11.1 Å². The lowest BCUT2D eigenvalue weighted by Gasteiger charge is -1.99. The van der Waals surface area contributed by atoms with Gasteiger partial charge in [-0.3, -0.25) is 5.41 Å². The number of nitrogens with two attached hydrogens (primary N) is 1. The van der Waals surface area contributed by atoms with Crippen LogP contribution >= 0.6 is 0 Å². The van der Waals surface area contributed by atoms with Crippen molar-refractivity contribution in [3.8, 4) is 0 Å². The van der Waals surface area contributed by atoms with Gasteiger partial charge in [0.05, 0.1) is 0 Å². The third-order valence-corrected chi connectivity index (χ3v) is 2.56. The summed E-state index contributed by atoms with van der Waals surface area (Å²) in [7, 11) is 0. The van der Waals surface area contributed by atoms with Gasteiger partial charge in [0.2, 0.25) is 0 Å². The summed E-state index contributed by atoms with van der Waals surface area (Å²) in [6, 6.07) is 5.53. The van der Waals surface area contributed by atoms with E-state index in [9.17, 15) is 0 Å². The van der Waals surface area contributed by atoms with Gasteiger partial charge in [-0.15, -0.1) is 0 Å². The molecule has 3 heterocycles. The molecule has 0 aliphatic carbocycles. The van der Waals surface area contributed by atoms with E-state index in [2.05, 4.69) is 15.0 Å². The highest BCUT2D eigenvalue weighted by Gasteiger charge is 2.11. The Labute approximate surface area is 90.8 Å². The topological polar surface area (TPSA) is 91.4 Å². The molecule has 0 fully saturated rings. The number of amidine groups is 1. The van der Waals surface area contributed by atoms with Gasteiger partial charge in [0.15, 0.2) is 0 Å². The van der Waals surface area contributed by atoms with Crippen LogP contribution in [-0.2, 0) is 0 Å². The van der Waals surface area contributed by atoms with Gasteiger partial charge in [-0.05, 0) is 18.2 Å².